The van der Waals surface area contributed by atoms with Crippen LogP contribution in [0.1, 0.15) is 47.2 Å². The summed E-state index contributed by atoms with van der Waals surface area (Å²) in [6.07, 6.45) is 0. The van der Waals surface area contributed by atoms with Crippen LogP contribution < -0.4 is 15.9 Å². The maximum Gasteiger partial charge on any atom is 0.171 e. The molecule has 3 heteroatoms. The molecule has 260 valence electrons. The Kier molecular flexibility index (Phi) is 6.08. The number of hydrogen-bond acceptors (Lipinski definition) is 1. The van der Waals surface area contributed by atoms with Crippen LogP contribution >= 0.6 is 7.14 Å². The lowest BCUT2D eigenvalue weighted by Crippen LogP contribution is -2.48. The van der Waals surface area contributed by atoms with Crippen LogP contribution in [0, 0.1) is 0 Å². The van der Waals surface area contributed by atoms with Gasteiger partial charge in [0.2, 0.25) is 0 Å². The molecule has 0 N–H and O–H groups in total. The minimum atomic E-state index is -3.33. The Morgan fingerprint density at radius 1 is 0.455 bits per heavy atom. The van der Waals surface area contributed by atoms with E-state index in [4.69, 9.17) is 0 Å². The SMILES string of the molecule is CC1(C)c2ccccc2-c2cc(-c3ccc4c(c3)C3(c5ccccc5-n5c6ccccc6c6cccc3c65)c3ccccc3P4(=O)c3ccccc3)ccc21. The minimum absolute atomic E-state index is 0.0701. The summed E-state index contributed by atoms with van der Waals surface area (Å²) in [4.78, 5) is 0. The fraction of sp³-hybridized carbons (Fsp3) is 0.0769. The molecule has 9 aromatic rings. The Balaban J connectivity index is 1.24. The summed E-state index contributed by atoms with van der Waals surface area (Å²) < 4.78 is 18.9. The maximum absolute atomic E-state index is 16.5. The molecule has 1 aromatic heterocycles. The van der Waals surface area contributed by atoms with Crippen LogP contribution in [-0.4, -0.2) is 4.57 Å². The van der Waals surface area contributed by atoms with E-state index in [1.54, 1.807) is 0 Å². The Morgan fingerprint density at radius 2 is 1.07 bits per heavy atom. The average Bonchev–Trinajstić information content (AvgIpc) is 3.70. The van der Waals surface area contributed by atoms with Crippen LogP contribution in [0.25, 0.3) is 49.7 Å². The zero-order valence-corrected chi connectivity index (χ0v) is 31.5. The largest absolute Gasteiger partial charge is 0.309 e. The Hall–Kier alpha value is -6.21. The third-order valence-corrected chi connectivity index (χ3v) is 16.2. The number of hydrogen-bond donors (Lipinski definition) is 0. The fourth-order valence-corrected chi connectivity index (χ4v) is 13.9. The number of para-hydroxylation sites is 3. The van der Waals surface area contributed by atoms with Crippen molar-refractivity contribution in [3.63, 3.8) is 0 Å². The van der Waals surface area contributed by atoms with Gasteiger partial charge in [-0.05, 0) is 86.0 Å². The Morgan fingerprint density at radius 3 is 1.95 bits per heavy atom. The monoisotopic (exact) mass is 721 g/mol. The number of benzene rings is 8. The lowest BCUT2D eigenvalue weighted by atomic mass is 9.62. The summed E-state index contributed by atoms with van der Waals surface area (Å²) in [5, 5.41) is 5.15. The van der Waals surface area contributed by atoms with Crippen molar-refractivity contribution in [2.45, 2.75) is 24.7 Å². The molecule has 2 atom stereocenters. The van der Waals surface area contributed by atoms with Gasteiger partial charge in [-0.25, -0.2) is 0 Å². The first-order chi connectivity index (χ1) is 26.9. The van der Waals surface area contributed by atoms with Crippen LogP contribution in [0.5, 0.6) is 0 Å². The fourth-order valence-electron chi connectivity index (χ4n) is 10.7. The first kappa shape index (κ1) is 31.2. The van der Waals surface area contributed by atoms with Crippen molar-refractivity contribution in [3.8, 4) is 27.9 Å². The summed E-state index contributed by atoms with van der Waals surface area (Å²) in [6.45, 7) is 4.66. The lowest BCUT2D eigenvalue weighted by molar-refractivity contribution is 0.590. The smallest absolute Gasteiger partial charge is 0.171 e. The predicted molar refractivity (Wildman–Crippen MR) is 229 cm³/mol. The van der Waals surface area contributed by atoms with E-state index in [1.807, 2.05) is 18.2 Å². The molecule has 3 heterocycles. The molecule has 0 saturated carbocycles. The second kappa shape index (κ2) is 10.7. The molecule has 12 rings (SSSR count). The first-order valence-corrected chi connectivity index (χ1v) is 20.9. The van der Waals surface area contributed by atoms with E-state index in [0.717, 1.165) is 43.9 Å². The predicted octanol–water partition coefficient (Wildman–Crippen LogP) is 11.4. The van der Waals surface area contributed by atoms with Gasteiger partial charge in [-0.1, -0.05) is 166 Å². The van der Waals surface area contributed by atoms with Gasteiger partial charge in [-0.2, -0.15) is 0 Å². The van der Waals surface area contributed by atoms with E-state index in [2.05, 4.69) is 182 Å². The van der Waals surface area contributed by atoms with E-state index in [9.17, 15) is 0 Å². The zero-order chi connectivity index (χ0) is 36.7. The molecule has 1 spiro atoms. The van der Waals surface area contributed by atoms with Crippen molar-refractivity contribution in [1.82, 2.24) is 4.57 Å². The van der Waals surface area contributed by atoms with Gasteiger partial charge in [0, 0.05) is 32.1 Å². The maximum atomic E-state index is 16.5. The van der Waals surface area contributed by atoms with Gasteiger partial charge in [0.05, 0.1) is 22.1 Å². The molecule has 8 aromatic carbocycles. The molecule has 2 aliphatic heterocycles. The molecule has 55 heavy (non-hydrogen) atoms. The van der Waals surface area contributed by atoms with Crippen molar-refractivity contribution < 1.29 is 4.57 Å². The van der Waals surface area contributed by atoms with Gasteiger partial charge in [0.1, 0.15) is 0 Å². The average molecular weight is 722 g/mol. The summed E-state index contributed by atoms with van der Waals surface area (Å²) >= 11 is 0. The molecule has 0 amide bonds. The molecule has 0 fully saturated rings. The van der Waals surface area contributed by atoms with Crippen molar-refractivity contribution >= 4 is 44.9 Å². The third-order valence-electron chi connectivity index (χ3n) is 13.1. The number of fused-ring (bicyclic) bond motifs is 14. The molecular formula is C52H36NOP. The highest BCUT2D eigenvalue weighted by atomic mass is 31.2. The van der Waals surface area contributed by atoms with Gasteiger partial charge < -0.3 is 9.13 Å². The number of rotatable bonds is 2. The molecule has 0 radical (unpaired) electrons. The van der Waals surface area contributed by atoms with Gasteiger partial charge >= 0.3 is 0 Å². The van der Waals surface area contributed by atoms with E-state index in [1.165, 1.54) is 55.2 Å². The molecular weight excluding hydrogens is 686 g/mol. The minimum Gasteiger partial charge on any atom is -0.309 e. The normalized spacial score (nSPS) is 19.5. The highest BCUT2D eigenvalue weighted by molar-refractivity contribution is 7.85. The van der Waals surface area contributed by atoms with Crippen LogP contribution in [0.15, 0.2) is 182 Å². The van der Waals surface area contributed by atoms with Gasteiger partial charge in [-0.3, -0.25) is 0 Å². The Labute approximate surface area is 320 Å². The van der Waals surface area contributed by atoms with Crippen LogP contribution in [0.2, 0.25) is 0 Å². The molecule has 1 aliphatic carbocycles. The summed E-state index contributed by atoms with van der Waals surface area (Å²) in [5.74, 6) is 0. The van der Waals surface area contributed by atoms with Crippen LogP contribution in [-0.2, 0) is 15.4 Å². The van der Waals surface area contributed by atoms with Crippen molar-refractivity contribution in [2.75, 3.05) is 0 Å². The highest BCUT2D eigenvalue weighted by Crippen LogP contribution is 2.61. The van der Waals surface area contributed by atoms with Crippen LogP contribution in [0.3, 0.4) is 0 Å². The third kappa shape index (κ3) is 3.74. The molecule has 0 saturated heterocycles. The van der Waals surface area contributed by atoms with Gasteiger partial charge in [-0.15, -0.1) is 0 Å². The number of nitrogens with zero attached hydrogens (tertiary/aromatic N) is 1. The van der Waals surface area contributed by atoms with Crippen molar-refractivity contribution in [2.24, 2.45) is 0 Å². The lowest BCUT2D eigenvalue weighted by Gasteiger charge is -2.47. The second-order valence-electron chi connectivity index (χ2n) is 15.9. The standard InChI is InChI=1S/C52H36NOP/c1-51(2)40-20-8-6-17-36(40)39-31-33(27-29-41(39)51)34-28-30-49-45(32-34)52(43-22-10-13-26-48(43)55(49,54)35-15-4-3-5-16-35)42-21-9-12-25-47(42)53-46-24-11-7-18-37(46)38-19-14-23-44(52)50(38)53/h3-32H,1-2H3. The van der Waals surface area contributed by atoms with Gasteiger partial charge in [0.15, 0.2) is 7.14 Å². The second-order valence-corrected chi connectivity index (χ2v) is 18.6. The quantitative estimate of drug-likeness (QED) is 0.163. The van der Waals surface area contributed by atoms with E-state index < -0.39 is 12.6 Å². The summed E-state index contributed by atoms with van der Waals surface area (Å²) in [7, 11) is -3.33. The molecule has 2 nitrogen and oxygen atoms in total. The number of aromatic nitrogens is 1. The van der Waals surface area contributed by atoms with E-state index >= 15 is 4.57 Å². The molecule has 3 aliphatic rings. The molecule has 2 unspecified atom stereocenters. The Bertz CT molecular complexity index is 3170. The van der Waals surface area contributed by atoms with E-state index in [0.29, 0.717) is 0 Å². The highest BCUT2D eigenvalue weighted by Gasteiger charge is 2.54. The summed E-state index contributed by atoms with van der Waals surface area (Å²) in [6, 6.07) is 65.9. The summed E-state index contributed by atoms with van der Waals surface area (Å²) in [5.41, 5.74) is 15.0. The first-order valence-electron chi connectivity index (χ1n) is 19.2. The van der Waals surface area contributed by atoms with Crippen molar-refractivity contribution in [3.05, 3.63) is 215 Å². The zero-order valence-electron chi connectivity index (χ0n) is 30.6. The van der Waals surface area contributed by atoms with Gasteiger partial charge in [0.25, 0.3) is 0 Å². The van der Waals surface area contributed by atoms with Crippen molar-refractivity contribution in [1.29, 1.82) is 0 Å². The van der Waals surface area contributed by atoms with E-state index in [-0.39, 0.29) is 5.41 Å². The van der Waals surface area contributed by atoms with Crippen LogP contribution in [0.4, 0.5) is 0 Å². The topological polar surface area (TPSA) is 22.0 Å². The molecule has 0 bridgehead atoms.